The molecule has 0 aliphatic heterocycles. The first-order valence-electron chi connectivity index (χ1n) is 5.68. The van der Waals surface area contributed by atoms with Gasteiger partial charge in [0.15, 0.2) is 5.69 Å². The SMILES string of the molecule is CCOC(=O)c1coc(NCC(C)CNC)n1. The average Bonchev–Trinajstić information content (AvgIpc) is 2.76. The molecule has 0 saturated heterocycles. The molecule has 96 valence electrons. The fraction of sp³-hybridized carbons (Fsp3) is 0.636. The molecule has 0 bridgehead atoms. The molecule has 1 unspecified atom stereocenters. The Labute approximate surface area is 101 Å². The lowest BCUT2D eigenvalue weighted by Gasteiger charge is -2.09. The van der Waals surface area contributed by atoms with Crippen LogP contribution >= 0.6 is 0 Å². The Morgan fingerprint density at radius 1 is 1.59 bits per heavy atom. The van der Waals surface area contributed by atoms with E-state index < -0.39 is 5.97 Å². The lowest BCUT2D eigenvalue weighted by atomic mass is 10.2. The number of rotatable bonds is 7. The maximum absolute atomic E-state index is 11.3. The van der Waals surface area contributed by atoms with Crippen LogP contribution in [0.3, 0.4) is 0 Å². The topological polar surface area (TPSA) is 76.4 Å². The second-order valence-electron chi connectivity index (χ2n) is 3.80. The van der Waals surface area contributed by atoms with Crippen LogP contribution in [-0.4, -0.2) is 37.7 Å². The number of nitrogens with zero attached hydrogens (tertiary/aromatic N) is 1. The van der Waals surface area contributed by atoms with E-state index in [-0.39, 0.29) is 5.69 Å². The molecule has 0 amide bonds. The third kappa shape index (κ3) is 4.44. The highest BCUT2D eigenvalue weighted by Crippen LogP contribution is 2.09. The molecule has 0 spiro atoms. The largest absolute Gasteiger partial charge is 0.461 e. The maximum atomic E-state index is 11.3. The Morgan fingerprint density at radius 3 is 3.00 bits per heavy atom. The number of hydrogen-bond donors (Lipinski definition) is 2. The number of carbonyl (C=O) groups excluding carboxylic acids is 1. The van der Waals surface area contributed by atoms with Gasteiger partial charge in [-0.25, -0.2) is 4.79 Å². The summed E-state index contributed by atoms with van der Waals surface area (Å²) in [5.74, 6) is -0.0227. The van der Waals surface area contributed by atoms with Gasteiger partial charge < -0.3 is 19.8 Å². The van der Waals surface area contributed by atoms with Gasteiger partial charge in [0.25, 0.3) is 6.01 Å². The summed E-state index contributed by atoms with van der Waals surface area (Å²) in [6, 6.07) is 0.344. The molecule has 1 heterocycles. The van der Waals surface area contributed by atoms with Gasteiger partial charge in [-0.2, -0.15) is 4.98 Å². The first kappa shape index (κ1) is 13.5. The zero-order valence-corrected chi connectivity index (χ0v) is 10.4. The molecule has 0 aromatic carbocycles. The minimum atomic E-state index is -0.465. The van der Waals surface area contributed by atoms with E-state index in [0.717, 1.165) is 13.1 Å². The molecule has 1 atom stereocenters. The summed E-state index contributed by atoms with van der Waals surface area (Å²) in [5.41, 5.74) is 0.190. The minimum absolute atomic E-state index is 0.190. The first-order chi connectivity index (χ1) is 8.17. The van der Waals surface area contributed by atoms with Crippen LogP contribution in [0.15, 0.2) is 10.7 Å². The van der Waals surface area contributed by atoms with Gasteiger partial charge in [-0.1, -0.05) is 6.92 Å². The molecule has 1 aromatic heterocycles. The number of carbonyl (C=O) groups is 1. The molecule has 0 aliphatic carbocycles. The van der Waals surface area contributed by atoms with E-state index in [4.69, 9.17) is 9.15 Å². The Morgan fingerprint density at radius 2 is 2.35 bits per heavy atom. The summed E-state index contributed by atoms with van der Waals surface area (Å²) < 4.78 is 9.92. The smallest absolute Gasteiger partial charge is 0.360 e. The van der Waals surface area contributed by atoms with Crippen LogP contribution in [0.2, 0.25) is 0 Å². The summed E-state index contributed by atoms with van der Waals surface area (Å²) in [4.78, 5) is 15.3. The third-order valence-electron chi connectivity index (χ3n) is 2.14. The van der Waals surface area contributed by atoms with E-state index >= 15 is 0 Å². The Hall–Kier alpha value is -1.56. The number of esters is 1. The highest BCUT2D eigenvalue weighted by atomic mass is 16.5. The Balaban J connectivity index is 2.43. The van der Waals surface area contributed by atoms with Crippen molar-refractivity contribution in [2.24, 2.45) is 5.92 Å². The molecule has 2 N–H and O–H groups in total. The van der Waals surface area contributed by atoms with Crippen LogP contribution in [0.5, 0.6) is 0 Å². The van der Waals surface area contributed by atoms with E-state index in [1.165, 1.54) is 6.26 Å². The van der Waals surface area contributed by atoms with Crippen molar-refractivity contribution < 1.29 is 13.9 Å². The molecule has 6 heteroatoms. The Kier molecular flexibility index (Phi) is 5.48. The van der Waals surface area contributed by atoms with Crippen molar-refractivity contribution in [1.29, 1.82) is 0 Å². The monoisotopic (exact) mass is 241 g/mol. The van der Waals surface area contributed by atoms with E-state index in [1.54, 1.807) is 6.92 Å². The van der Waals surface area contributed by atoms with E-state index in [2.05, 4.69) is 22.5 Å². The zero-order chi connectivity index (χ0) is 12.7. The van der Waals surface area contributed by atoms with Crippen molar-refractivity contribution in [3.63, 3.8) is 0 Å². The number of nitrogens with one attached hydrogen (secondary N) is 2. The van der Waals surface area contributed by atoms with Crippen LogP contribution in [0.4, 0.5) is 6.01 Å². The number of anilines is 1. The van der Waals surface area contributed by atoms with Gasteiger partial charge in [0, 0.05) is 6.54 Å². The van der Waals surface area contributed by atoms with Gasteiger partial charge in [0.1, 0.15) is 6.26 Å². The van der Waals surface area contributed by atoms with Gasteiger partial charge in [0.05, 0.1) is 6.61 Å². The highest BCUT2D eigenvalue weighted by molar-refractivity contribution is 5.87. The van der Waals surface area contributed by atoms with Crippen LogP contribution in [0.1, 0.15) is 24.3 Å². The van der Waals surface area contributed by atoms with Crippen LogP contribution < -0.4 is 10.6 Å². The van der Waals surface area contributed by atoms with Crippen LogP contribution in [-0.2, 0) is 4.74 Å². The number of ether oxygens (including phenoxy) is 1. The van der Waals surface area contributed by atoms with E-state index in [1.807, 2.05) is 7.05 Å². The van der Waals surface area contributed by atoms with Gasteiger partial charge in [-0.05, 0) is 26.4 Å². The van der Waals surface area contributed by atoms with Crippen molar-refractivity contribution in [1.82, 2.24) is 10.3 Å². The fourth-order valence-electron chi connectivity index (χ4n) is 1.34. The molecule has 1 rings (SSSR count). The first-order valence-corrected chi connectivity index (χ1v) is 5.68. The van der Waals surface area contributed by atoms with Gasteiger partial charge in [-0.15, -0.1) is 0 Å². The average molecular weight is 241 g/mol. The van der Waals surface area contributed by atoms with Crippen LogP contribution in [0.25, 0.3) is 0 Å². The molecule has 0 saturated carbocycles. The van der Waals surface area contributed by atoms with Crippen molar-refractivity contribution in [2.45, 2.75) is 13.8 Å². The molecule has 0 fully saturated rings. The summed E-state index contributed by atoms with van der Waals surface area (Å²) >= 11 is 0. The molecular weight excluding hydrogens is 222 g/mol. The lowest BCUT2D eigenvalue weighted by Crippen LogP contribution is -2.22. The van der Waals surface area contributed by atoms with Crippen molar-refractivity contribution in [2.75, 3.05) is 32.1 Å². The third-order valence-corrected chi connectivity index (χ3v) is 2.14. The second kappa shape index (κ2) is 6.90. The number of hydrogen-bond acceptors (Lipinski definition) is 6. The maximum Gasteiger partial charge on any atom is 0.360 e. The summed E-state index contributed by atoms with van der Waals surface area (Å²) in [6.07, 6.45) is 1.29. The van der Waals surface area contributed by atoms with Crippen LogP contribution in [0, 0.1) is 5.92 Å². The minimum Gasteiger partial charge on any atom is -0.461 e. The van der Waals surface area contributed by atoms with Crippen molar-refractivity contribution >= 4 is 12.0 Å². The summed E-state index contributed by atoms with van der Waals surface area (Å²) in [5, 5.41) is 6.10. The van der Waals surface area contributed by atoms with Crippen molar-refractivity contribution in [3.8, 4) is 0 Å². The molecule has 17 heavy (non-hydrogen) atoms. The van der Waals surface area contributed by atoms with Gasteiger partial charge in [0.2, 0.25) is 0 Å². The van der Waals surface area contributed by atoms with E-state index in [9.17, 15) is 4.79 Å². The quantitative estimate of drug-likeness (QED) is 0.697. The second-order valence-corrected chi connectivity index (χ2v) is 3.80. The highest BCUT2D eigenvalue weighted by Gasteiger charge is 2.13. The van der Waals surface area contributed by atoms with E-state index in [0.29, 0.717) is 18.5 Å². The fourth-order valence-corrected chi connectivity index (χ4v) is 1.34. The normalized spacial score (nSPS) is 12.2. The van der Waals surface area contributed by atoms with Gasteiger partial charge >= 0.3 is 5.97 Å². The Bertz CT molecular complexity index is 351. The summed E-state index contributed by atoms with van der Waals surface area (Å²) in [7, 11) is 1.90. The molecule has 1 aromatic rings. The summed E-state index contributed by atoms with van der Waals surface area (Å²) in [6.45, 7) is 5.80. The van der Waals surface area contributed by atoms with Gasteiger partial charge in [-0.3, -0.25) is 0 Å². The standard InChI is InChI=1S/C11H19N3O3/c1-4-16-10(15)9-7-17-11(14-9)13-6-8(2)5-12-3/h7-8,12H,4-6H2,1-3H3,(H,13,14). The number of oxazole rings is 1. The lowest BCUT2D eigenvalue weighted by molar-refractivity contribution is 0.0519. The number of aromatic nitrogens is 1. The predicted octanol–water partition coefficient (Wildman–Crippen LogP) is 1.12. The molecule has 6 nitrogen and oxygen atoms in total. The molecular formula is C11H19N3O3. The molecule has 0 radical (unpaired) electrons. The predicted molar refractivity (Wildman–Crippen MR) is 64.0 cm³/mol. The zero-order valence-electron chi connectivity index (χ0n) is 10.4. The molecule has 0 aliphatic rings. The van der Waals surface area contributed by atoms with Crippen molar-refractivity contribution in [3.05, 3.63) is 12.0 Å².